The summed E-state index contributed by atoms with van der Waals surface area (Å²) in [7, 11) is 0. The lowest BCUT2D eigenvalue weighted by Crippen LogP contribution is -2.27. The molecular weight excluding hydrogens is 216 g/mol. The summed E-state index contributed by atoms with van der Waals surface area (Å²) in [5.41, 5.74) is 5.80. The Hall–Kier alpha value is -2.08. The van der Waals surface area contributed by atoms with E-state index in [-0.39, 0.29) is 0 Å². The molecule has 0 saturated heterocycles. The lowest BCUT2D eigenvalue weighted by atomic mass is 9.94. The Morgan fingerprint density at radius 1 is 0.889 bits per heavy atom. The Bertz CT molecular complexity index is 765. The SMILES string of the molecule is C1=CC2=C(CC1)c1ccc/c3c1=C2\C=C/C=C\C=3. The molecule has 0 atom stereocenters. The zero-order valence-electron chi connectivity index (χ0n) is 10.2. The van der Waals surface area contributed by atoms with Gasteiger partial charge in [0.25, 0.3) is 0 Å². The fourth-order valence-corrected chi connectivity index (χ4v) is 3.14. The number of allylic oxidation sites excluding steroid dienone is 8. The molecule has 0 spiro atoms. The van der Waals surface area contributed by atoms with Crippen molar-refractivity contribution < 1.29 is 0 Å². The average molecular weight is 230 g/mol. The maximum Gasteiger partial charge on any atom is -0.00297 e. The van der Waals surface area contributed by atoms with Gasteiger partial charge in [-0.1, -0.05) is 60.7 Å². The van der Waals surface area contributed by atoms with Gasteiger partial charge in [-0.3, -0.25) is 0 Å². The van der Waals surface area contributed by atoms with Crippen molar-refractivity contribution in [2.24, 2.45) is 0 Å². The maximum absolute atomic E-state index is 2.30. The molecule has 0 unspecified atom stereocenters. The van der Waals surface area contributed by atoms with Gasteiger partial charge in [0.1, 0.15) is 0 Å². The molecule has 3 aliphatic rings. The summed E-state index contributed by atoms with van der Waals surface area (Å²) in [6.45, 7) is 0. The molecule has 0 nitrogen and oxygen atoms in total. The van der Waals surface area contributed by atoms with E-state index in [0.29, 0.717) is 0 Å². The minimum absolute atomic E-state index is 1.17. The van der Waals surface area contributed by atoms with Gasteiger partial charge in [0.05, 0.1) is 0 Å². The second-order valence-electron chi connectivity index (χ2n) is 4.93. The monoisotopic (exact) mass is 230 g/mol. The quantitative estimate of drug-likeness (QED) is 0.643. The molecule has 0 fully saturated rings. The summed E-state index contributed by atoms with van der Waals surface area (Å²) in [4.78, 5) is 0. The minimum Gasteiger partial charge on any atom is -0.0836 e. The molecule has 0 heteroatoms. The third-order valence-electron chi connectivity index (χ3n) is 3.91. The Balaban J connectivity index is 2.19. The van der Waals surface area contributed by atoms with Crippen LogP contribution in [0.5, 0.6) is 0 Å². The fourth-order valence-electron chi connectivity index (χ4n) is 3.14. The lowest BCUT2D eigenvalue weighted by molar-refractivity contribution is 1.05. The molecule has 18 heavy (non-hydrogen) atoms. The van der Waals surface area contributed by atoms with E-state index in [4.69, 9.17) is 0 Å². The highest BCUT2D eigenvalue weighted by atomic mass is 14.2. The number of rotatable bonds is 0. The second-order valence-corrected chi connectivity index (χ2v) is 4.93. The summed E-state index contributed by atoms with van der Waals surface area (Å²) >= 11 is 0. The number of fused-ring (bicyclic) bond motifs is 2. The van der Waals surface area contributed by atoms with Crippen LogP contribution in [0.3, 0.4) is 0 Å². The third kappa shape index (κ3) is 1.26. The molecule has 1 aromatic carbocycles. The van der Waals surface area contributed by atoms with Crippen LogP contribution in [0, 0.1) is 0 Å². The van der Waals surface area contributed by atoms with Crippen molar-refractivity contribution in [3.8, 4) is 0 Å². The zero-order valence-corrected chi connectivity index (χ0v) is 10.2. The summed E-state index contributed by atoms with van der Waals surface area (Å²) in [5.74, 6) is 0. The fraction of sp³-hybridized carbons (Fsp3) is 0.111. The highest BCUT2D eigenvalue weighted by Crippen LogP contribution is 2.35. The van der Waals surface area contributed by atoms with E-state index < -0.39 is 0 Å². The van der Waals surface area contributed by atoms with Crippen LogP contribution in [-0.4, -0.2) is 0 Å². The van der Waals surface area contributed by atoms with Crippen molar-refractivity contribution in [2.75, 3.05) is 0 Å². The molecule has 3 aliphatic carbocycles. The molecular formula is C18H14. The van der Waals surface area contributed by atoms with E-state index in [9.17, 15) is 0 Å². The van der Waals surface area contributed by atoms with Crippen molar-refractivity contribution >= 4 is 17.2 Å². The normalized spacial score (nSPS) is 24.7. The van der Waals surface area contributed by atoms with Crippen LogP contribution in [0.15, 0.2) is 60.2 Å². The van der Waals surface area contributed by atoms with Crippen LogP contribution >= 0.6 is 0 Å². The average Bonchev–Trinajstić information content (AvgIpc) is 2.70. The maximum atomic E-state index is 2.30. The van der Waals surface area contributed by atoms with Gasteiger partial charge in [0.2, 0.25) is 0 Å². The Morgan fingerprint density at radius 3 is 2.89 bits per heavy atom. The highest BCUT2D eigenvalue weighted by Gasteiger charge is 2.21. The van der Waals surface area contributed by atoms with Crippen molar-refractivity contribution in [1.29, 1.82) is 0 Å². The first-order valence-corrected chi connectivity index (χ1v) is 6.54. The van der Waals surface area contributed by atoms with Gasteiger partial charge in [0.15, 0.2) is 0 Å². The molecule has 0 radical (unpaired) electrons. The Kier molecular flexibility index (Phi) is 2.04. The smallest absolute Gasteiger partial charge is 0.00297 e. The third-order valence-corrected chi connectivity index (χ3v) is 3.91. The topological polar surface area (TPSA) is 0 Å². The van der Waals surface area contributed by atoms with Crippen molar-refractivity contribution in [3.05, 3.63) is 76.2 Å². The van der Waals surface area contributed by atoms with Gasteiger partial charge in [-0.15, -0.1) is 0 Å². The van der Waals surface area contributed by atoms with Crippen molar-refractivity contribution in [3.63, 3.8) is 0 Å². The van der Waals surface area contributed by atoms with Crippen LogP contribution in [0.4, 0.5) is 0 Å². The van der Waals surface area contributed by atoms with Crippen molar-refractivity contribution in [1.82, 2.24) is 0 Å². The van der Waals surface area contributed by atoms with Gasteiger partial charge in [0, 0.05) is 0 Å². The Morgan fingerprint density at radius 2 is 1.89 bits per heavy atom. The predicted octanol–water partition coefficient (Wildman–Crippen LogP) is 2.86. The number of hydrogen-bond acceptors (Lipinski definition) is 0. The zero-order chi connectivity index (χ0) is 11.9. The standard InChI is InChI=1S/C18H14/c1-2-7-13-8-6-12-17-15-10-5-4-9-14(15)16(11-3-1)18(13)17/h1-4,6-9,11-12H,5,10H2/b2-1-,3-1?,7-2?,11-3-,13-7-,16-11?. The van der Waals surface area contributed by atoms with Crippen LogP contribution < -0.4 is 10.4 Å². The second kappa shape index (κ2) is 3.71. The molecule has 0 N–H and O–H groups in total. The van der Waals surface area contributed by atoms with E-state index in [0.717, 1.165) is 0 Å². The minimum atomic E-state index is 1.17. The van der Waals surface area contributed by atoms with Crippen LogP contribution in [0.2, 0.25) is 0 Å². The molecule has 0 aromatic heterocycles. The Labute approximate surface area is 107 Å². The molecule has 0 heterocycles. The van der Waals surface area contributed by atoms with Gasteiger partial charge >= 0.3 is 0 Å². The van der Waals surface area contributed by atoms with E-state index >= 15 is 0 Å². The highest BCUT2D eigenvalue weighted by molar-refractivity contribution is 5.96. The van der Waals surface area contributed by atoms with Gasteiger partial charge in [-0.2, -0.15) is 0 Å². The van der Waals surface area contributed by atoms with Crippen LogP contribution in [-0.2, 0) is 0 Å². The predicted molar refractivity (Wildman–Crippen MR) is 77.1 cm³/mol. The lowest BCUT2D eigenvalue weighted by Gasteiger charge is -2.10. The van der Waals surface area contributed by atoms with Gasteiger partial charge in [-0.25, -0.2) is 0 Å². The first-order valence-electron chi connectivity index (χ1n) is 6.54. The molecule has 86 valence electrons. The molecule has 0 amide bonds. The van der Waals surface area contributed by atoms with E-state index in [1.807, 2.05) is 0 Å². The summed E-state index contributed by atoms with van der Waals surface area (Å²) in [6.07, 6.45) is 17.8. The van der Waals surface area contributed by atoms with E-state index in [1.54, 1.807) is 0 Å². The molecule has 0 saturated carbocycles. The van der Waals surface area contributed by atoms with E-state index in [2.05, 4.69) is 60.7 Å². The van der Waals surface area contributed by atoms with Gasteiger partial charge < -0.3 is 0 Å². The van der Waals surface area contributed by atoms with Crippen LogP contribution in [0.1, 0.15) is 18.4 Å². The molecule has 4 rings (SSSR count). The van der Waals surface area contributed by atoms with Crippen molar-refractivity contribution in [2.45, 2.75) is 12.8 Å². The largest absolute Gasteiger partial charge is 0.0836 e. The van der Waals surface area contributed by atoms with E-state index in [1.165, 1.54) is 45.6 Å². The molecule has 0 aliphatic heterocycles. The number of hydrogen-bond donors (Lipinski definition) is 0. The molecule has 0 bridgehead atoms. The first kappa shape index (κ1) is 9.90. The number of benzene rings is 1. The summed E-state index contributed by atoms with van der Waals surface area (Å²) in [5, 5.41) is 2.76. The first-order chi connectivity index (χ1) is 8.95. The molecule has 1 aromatic rings. The summed E-state index contributed by atoms with van der Waals surface area (Å²) in [6, 6.07) is 6.66. The van der Waals surface area contributed by atoms with Gasteiger partial charge in [-0.05, 0) is 45.6 Å². The summed E-state index contributed by atoms with van der Waals surface area (Å²) < 4.78 is 0. The van der Waals surface area contributed by atoms with Crippen LogP contribution in [0.25, 0.3) is 17.2 Å².